The molecule has 3 rings (SSSR count). The topological polar surface area (TPSA) is 69.0 Å². The molecule has 1 aliphatic heterocycles. The summed E-state index contributed by atoms with van der Waals surface area (Å²) in [5, 5.41) is 2.97. The van der Waals surface area contributed by atoms with Gasteiger partial charge in [0.05, 0.1) is 5.92 Å². The Morgan fingerprint density at radius 1 is 1.41 bits per heavy atom. The van der Waals surface area contributed by atoms with Crippen LogP contribution in [0.25, 0.3) is 0 Å². The number of carbonyl (C=O) groups is 1. The first-order valence-corrected chi connectivity index (χ1v) is 7.47. The summed E-state index contributed by atoms with van der Waals surface area (Å²) in [7, 11) is 1.92. The Hall–Kier alpha value is -2.21. The van der Waals surface area contributed by atoms with Crippen LogP contribution >= 0.6 is 0 Å². The average molecular weight is 300 g/mol. The number of pyridine rings is 1. The number of aryl methyl sites for hydroxylation is 2. The van der Waals surface area contributed by atoms with E-state index in [-0.39, 0.29) is 17.9 Å². The molecule has 1 aliphatic rings. The first-order valence-electron chi connectivity index (χ1n) is 7.47. The fraction of sp³-hybridized carbons (Fsp3) is 0.438. The van der Waals surface area contributed by atoms with E-state index in [0.717, 1.165) is 30.0 Å². The molecule has 3 heterocycles. The van der Waals surface area contributed by atoms with Crippen LogP contribution in [0.1, 0.15) is 30.5 Å². The molecule has 22 heavy (non-hydrogen) atoms. The number of hydrogen-bond donors (Lipinski definition) is 1. The van der Waals surface area contributed by atoms with Gasteiger partial charge >= 0.3 is 0 Å². The molecule has 0 aromatic carbocycles. The van der Waals surface area contributed by atoms with Crippen LogP contribution < -0.4 is 5.32 Å². The number of aromatic nitrogens is 3. The summed E-state index contributed by atoms with van der Waals surface area (Å²) in [5.41, 5.74) is 1.64. The van der Waals surface area contributed by atoms with E-state index in [9.17, 15) is 4.79 Å². The molecular weight excluding hydrogens is 280 g/mol. The number of ether oxygens (including phenoxy) is 1. The lowest BCUT2D eigenvalue weighted by Crippen LogP contribution is -2.34. The Morgan fingerprint density at radius 2 is 2.27 bits per heavy atom. The van der Waals surface area contributed by atoms with Gasteiger partial charge in [-0.05, 0) is 31.9 Å². The molecule has 6 heteroatoms. The SMILES string of the molecule is Cc1cc(NC(=O)[C@@H]2CCCO[C@H]2c2nccn2C)ccn1. The van der Waals surface area contributed by atoms with Gasteiger partial charge in [-0.1, -0.05) is 0 Å². The molecule has 1 fully saturated rings. The monoisotopic (exact) mass is 300 g/mol. The average Bonchev–Trinajstić information content (AvgIpc) is 2.93. The highest BCUT2D eigenvalue weighted by atomic mass is 16.5. The Balaban J connectivity index is 1.78. The van der Waals surface area contributed by atoms with Crippen LogP contribution in [-0.2, 0) is 16.6 Å². The van der Waals surface area contributed by atoms with E-state index >= 15 is 0 Å². The summed E-state index contributed by atoms with van der Waals surface area (Å²) >= 11 is 0. The fourth-order valence-corrected chi connectivity index (χ4v) is 2.81. The van der Waals surface area contributed by atoms with Crippen molar-refractivity contribution in [2.24, 2.45) is 13.0 Å². The molecule has 2 atom stereocenters. The van der Waals surface area contributed by atoms with Gasteiger partial charge < -0.3 is 14.6 Å². The van der Waals surface area contributed by atoms with Crippen molar-refractivity contribution in [1.29, 1.82) is 0 Å². The van der Waals surface area contributed by atoms with Crippen molar-refractivity contribution in [3.05, 3.63) is 42.2 Å². The van der Waals surface area contributed by atoms with Crippen LogP contribution in [0.5, 0.6) is 0 Å². The molecule has 0 aliphatic carbocycles. The normalized spacial score (nSPS) is 21.5. The van der Waals surface area contributed by atoms with Gasteiger partial charge in [0.15, 0.2) is 0 Å². The van der Waals surface area contributed by atoms with E-state index in [1.807, 2.05) is 30.8 Å². The third-order valence-electron chi connectivity index (χ3n) is 3.94. The van der Waals surface area contributed by atoms with E-state index in [1.54, 1.807) is 18.5 Å². The molecule has 116 valence electrons. The summed E-state index contributed by atoms with van der Waals surface area (Å²) in [5.74, 6) is 0.535. The standard InChI is InChI=1S/C16H20N4O2/c1-11-10-12(5-6-17-11)19-16(21)13-4-3-9-22-14(13)15-18-7-8-20(15)2/h5-8,10,13-14H,3-4,9H2,1-2H3,(H,17,19,21)/t13-,14-/m1/s1. The molecule has 6 nitrogen and oxygen atoms in total. The van der Waals surface area contributed by atoms with Crippen molar-refractivity contribution >= 4 is 11.6 Å². The molecule has 2 aromatic rings. The number of nitrogens with one attached hydrogen (secondary N) is 1. The van der Waals surface area contributed by atoms with Gasteiger partial charge in [0.1, 0.15) is 11.9 Å². The lowest BCUT2D eigenvalue weighted by Gasteiger charge is -2.30. The maximum Gasteiger partial charge on any atom is 0.230 e. The zero-order valence-corrected chi connectivity index (χ0v) is 12.8. The van der Waals surface area contributed by atoms with Gasteiger partial charge in [0.2, 0.25) is 5.91 Å². The van der Waals surface area contributed by atoms with E-state index in [1.165, 1.54) is 0 Å². The summed E-state index contributed by atoms with van der Waals surface area (Å²) < 4.78 is 7.75. The van der Waals surface area contributed by atoms with Crippen LogP contribution in [0, 0.1) is 12.8 Å². The van der Waals surface area contributed by atoms with Crippen LogP contribution in [0.15, 0.2) is 30.7 Å². The predicted molar refractivity (Wildman–Crippen MR) is 82.2 cm³/mol. The number of anilines is 1. The number of hydrogen-bond acceptors (Lipinski definition) is 4. The first-order chi connectivity index (χ1) is 10.6. The third-order valence-corrected chi connectivity index (χ3v) is 3.94. The number of amides is 1. The summed E-state index contributed by atoms with van der Waals surface area (Å²) in [6.45, 7) is 2.56. The zero-order chi connectivity index (χ0) is 15.5. The second-order valence-electron chi connectivity index (χ2n) is 5.61. The Labute approximate surface area is 129 Å². The molecule has 2 aromatic heterocycles. The van der Waals surface area contributed by atoms with E-state index < -0.39 is 0 Å². The summed E-state index contributed by atoms with van der Waals surface area (Å²) in [6, 6.07) is 3.65. The summed E-state index contributed by atoms with van der Waals surface area (Å²) in [4.78, 5) is 21.1. The maximum atomic E-state index is 12.6. The zero-order valence-electron chi connectivity index (χ0n) is 12.8. The highest BCUT2D eigenvalue weighted by molar-refractivity contribution is 5.93. The van der Waals surface area contributed by atoms with Gasteiger partial charge in [-0.15, -0.1) is 0 Å². The second-order valence-corrected chi connectivity index (χ2v) is 5.61. The second kappa shape index (κ2) is 6.27. The van der Waals surface area contributed by atoms with Crippen molar-refractivity contribution in [3.63, 3.8) is 0 Å². The van der Waals surface area contributed by atoms with Crippen LogP contribution in [0.3, 0.4) is 0 Å². The fourth-order valence-electron chi connectivity index (χ4n) is 2.81. The lowest BCUT2D eigenvalue weighted by molar-refractivity contribution is -0.130. The van der Waals surface area contributed by atoms with E-state index in [2.05, 4.69) is 15.3 Å². The molecule has 0 radical (unpaired) electrons. The van der Waals surface area contributed by atoms with Gasteiger partial charge in [0.25, 0.3) is 0 Å². The largest absolute Gasteiger partial charge is 0.369 e. The van der Waals surface area contributed by atoms with Crippen molar-refractivity contribution in [2.75, 3.05) is 11.9 Å². The van der Waals surface area contributed by atoms with E-state index in [0.29, 0.717) is 6.61 Å². The van der Waals surface area contributed by atoms with Crippen molar-refractivity contribution in [3.8, 4) is 0 Å². The van der Waals surface area contributed by atoms with Gasteiger partial charge in [-0.25, -0.2) is 4.98 Å². The molecule has 1 saturated heterocycles. The minimum absolute atomic E-state index is 0.0294. The minimum atomic E-state index is -0.295. The van der Waals surface area contributed by atoms with Crippen molar-refractivity contribution < 1.29 is 9.53 Å². The smallest absolute Gasteiger partial charge is 0.230 e. The molecule has 1 amide bonds. The Kier molecular flexibility index (Phi) is 4.20. The van der Waals surface area contributed by atoms with Crippen LogP contribution in [0.4, 0.5) is 5.69 Å². The number of imidazole rings is 1. The predicted octanol–water partition coefficient (Wildman–Crippen LogP) is 2.23. The molecular formula is C16H20N4O2. The van der Waals surface area contributed by atoms with Crippen LogP contribution in [-0.4, -0.2) is 27.0 Å². The van der Waals surface area contributed by atoms with E-state index in [4.69, 9.17) is 4.74 Å². The highest BCUT2D eigenvalue weighted by Crippen LogP contribution is 2.33. The number of rotatable bonds is 3. The number of nitrogens with zero attached hydrogens (tertiary/aromatic N) is 3. The maximum absolute atomic E-state index is 12.6. The third kappa shape index (κ3) is 3.01. The van der Waals surface area contributed by atoms with Gasteiger partial charge in [0, 0.05) is 43.6 Å². The first kappa shape index (κ1) is 14.7. The van der Waals surface area contributed by atoms with Gasteiger partial charge in [-0.2, -0.15) is 0 Å². The van der Waals surface area contributed by atoms with Crippen LogP contribution in [0.2, 0.25) is 0 Å². The van der Waals surface area contributed by atoms with Gasteiger partial charge in [-0.3, -0.25) is 9.78 Å². The molecule has 0 spiro atoms. The van der Waals surface area contributed by atoms with Crippen molar-refractivity contribution in [1.82, 2.24) is 14.5 Å². The molecule has 0 bridgehead atoms. The Bertz CT molecular complexity index is 668. The number of carbonyl (C=O) groups excluding carboxylic acids is 1. The molecule has 0 saturated carbocycles. The quantitative estimate of drug-likeness (QED) is 0.943. The minimum Gasteiger partial charge on any atom is -0.369 e. The lowest BCUT2D eigenvalue weighted by atomic mass is 9.92. The summed E-state index contributed by atoms with van der Waals surface area (Å²) in [6.07, 6.45) is 6.68. The Morgan fingerprint density at radius 3 is 3.00 bits per heavy atom. The highest BCUT2D eigenvalue weighted by Gasteiger charge is 2.35. The molecule has 0 unspecified atom stereocenters. The van der Waals surface area contributed by atoms with Crippen molar-refractivity contribution in [2.45, 2.75) is 25.9 Å². The molecule has 1 N–H and O–H groups in total.